The van der Waals surface area contributed by atoms with Gasteiger partial charge in [-0.05, 0) is 53.0 Å². The normalized spacial score (nSPS) is 17.7. The first-order valence-electron chi connectivity index (χ1n) is 9.10. The van der Waals surface area contributed by atoms with Crippen LogP contribution in [0.5, 0.6) is 0 Å². The van der Waals surface area contributed by atoms with Crippen LogP contribution in [-0.4, -0.2) is 60.3 Å². The summed E-state index contributed by atoms with van der Waals surface area (Å²) in [5.41, 5.74) is 0.718. The average Bonchev–Trinajstić information content (AvgIpc) is 3.23. The van der Waals surface area contributed by atoms with Crippen LogP contribution in [0.3, 0.4) is 0 Å². The highest BCUT2D eigenvalue weighted by molar-refractivity contribution is 9.10. The number of anilines is 2. The zero-order chi connectivity index (χ0) is 17.9. The van der Waals surface area contributed by atoms with Crippen molar-refractivity contribution in [3.05, 3.63) is 46.4 Å². The molecule has 136 valence electrons. The van der Waals surface area contributed by atoms with Gasteiger partial charge in [0.2, 0.25) is 0 Å². The molecule has 26 heavy (non-hydrogen) atoms. The average molecular weight is 416 g/mol. The van der Waals surface area contributed by atoms with Gasteiger partial charge in [0.25, 0.3) is 5.91 Å². The van der Waals surface area contributed by atoms with Gasteiger partial charge in [-0.3, -0.25) is 4.79 Å². The summed E-state index contributed by atoms with van der Waals surface area (Å²) in [5, 5.41) is 8.81. The fourth-order valence-corrected chi connectivity index (χ4v) is 4.00. The zero-order valence-electron chi connectivity index (χ0n) is 14.6. The Hall–Kier alpha value is -2.15. The van der Waals surface area contributed by atoms with Gasteiger partial charge in [0.1, 0.15) is 0 Å². The van der Waals surface area contributed by atoms with E-state index in [4.69, 9.17) is 0 Å². The Morgan fingerprint density at radius 1 is 0.808 bits per heavy atom. The van der Waals surface area contributed by atoms with E-state index in [1.807, 2.05) is 35.2 Å². The lowest BCUT2D eigenvalue weighted by atomic mass is 10.2. The van der Waals surface area contributed by atoms with Crippen molar-refractivity contribution >= 4 is 33.5 Å². The quantitative estimate of drug-likeness (QED) is 0.771. The monoisotopic (exact) mass is 415 g/mol. The zero-order valence-corrected chi connectivity index (χ0v) is 16.2. The molecule has 0 aliphatic carbocycles. The molecule has 1 amide bonds. The van der Waals surface area contributed by atoms with Crippen molar-refractivity contribution in [2.24, 2.45) is 0 Å². The number of hydrogen-bond acceptors (Lipinski definition) is 5. The Kier molecular flexibility index (Phi) is 5.06. The molecule has 4 rings (SSSR count). The molecule has 2 saturated heterocycles. The lowest BCUT2D eigenvalue weighted by Crippen LogP contribution is -2.49. The molecule has 1 aromatic heterocycles. The van der Waals surface area contributed by atoms with Crippen LogP contribution < -0.4 is 9.80 Å². The number of benzene rings is 1. The fraction of sp³-hybridized carbons (Fsp3) is 0.421. The first-order valence-corrected chi connectivity index (χ1v) is 9.89. The van der Waals surface area contributed by atoms with E-state index in [0.29, 0.717) is 13.1 Å². The predicted molar refractivity (Wildman–Crippen MR) is 106 cm³/mol. The minimum Gasteiger partial charge on any atom is -0.355 e. The molecule has 2 aliphatic rings. The second-order valence-electron chi connectivity index (χ2n) is 6.70. The minimum atomic E-state index is 0.0765. The molecule has 7 heteroatoms. The van der Waals surface area contributed by atoms with Gasteiger partial charge in [0.05, 0.1) is 5.56 Å². The molecule has 6 nitrogen and oxygen atoms in total. The molecule has 3 heterocycles. The SMILES string of the molecule is O=C(c1ccccc1Br)N1CCN(c2ccc(N3CCCC3)nn2)CC1. The number of aromatic nitrogens is 2. The Balaban J connectivity index is 1.37. The standard InChI is InChI=1S/C19H22BrN5O/c20-16-6-2-1-5-15(16)19(26)25-13-11-24(12-14-25)18-8-7-17(21-22-18)23-9-3-4-10-23/h1-2,5-8H,3-4,9-14H2. The van der Waals surface area contributed by atoms with E-state index in [0.717, 1.165) is 47.9 Å². The van der Waals surface area contributed by atoms with E-state index in [1.165, 1.54) is 12.8 Å². The first-order chi connectivity index (χ1) is 12.7. The Morgan fingerprint density at radius 2 is 1.38 bits per heavy atom. The van der Waals surface area contributed by atoms with Crippen molar-refractivity contribution in [1.82, 2.24) is 15.1 Å². The number of nitrogens with zero attached hydrogens (tertiary/aromatic N) is 5. The fourth-order valence-electron chi connectivity index (χ4n) is 3.55. The molecular weight excluding hydrogens is 394 g/mol. The third-order valence-electron chi connectivity index (χ3n) is 5.06. The molecule has 2 aromatic rings. The number of rotatable bonds is 3. The highest BCUT2D eigenvalue weighted by Gasteiger charge is 2.24. The van der Waals surface area contributed by atoms with Crippen LogP contribution in [0.15, 0.2) is 40.9 Å². The molecule has 0 radical (unpaired) electrons. The van der Waals surface area contributed by atoms with E-state index < -0.39 is 0 Å². The van der Waals surface area contributed by atoms with Crippen molar-refractivity contribution in [2.75, 3.05) is 49.1 Å². The Bertz CT molecular complexity index is 768. The number of hydrogen-bond donors (Lipinski definition) is 0. The smallest absolute Gasteiger partial charge is 0.255 e. The van der Waals surface area contributed by atoms with E-state index in [9.17, 15) is 4.79 Å². The summed E-state index contributed by atoms with van der Waals surface area (Å²) in [5.74, 6) is 1.93. The van der Waals surface area contributed by atoms with Crippen LogP contribution in [-0.2, 0) is 0 Å². The van der Waals surface area contributed by atoms with Crippen molar-refractivity contribution in [2.45, 2.75) is 12.8 Å². The maximum atomic E-state index is 12.7. The Labute approximate surface area is 161 Å². The largest absolute Gasteiger partial charge is 0.355 e. The van der Waals surface area contributed by atoms with Crippen LogP contribution >= 0.6 is 15.9 Å². The van der Waals surface area contributed by atoms with Gasteiger partial charge in [-0.25, -0.2) is 0 Å². The number of piperazine rings is 1. The summed E-state index contributed by atoms with van der Waals surface area (Å²) in [4.78, 5) is 19.1. The van der Waals surface area contributed by atoms with Crippen molar-refractivity contribution < 1.29 is 4.79 Å². The summed E-state index contributed by atoms with van der Waals surface area (Å²) < 4.78 is 0.843. The summed E-state index contributed by atoms with van der Waals surface area (Å²) in [6, 6.07) is 11.7. The third-order valence-corrected chi connectivity index (χ3v) is 5.75. The second-order valence-corrected chi connectivity index (χ2v) is 7.56. The van der Waals surface area contributed by atoms with Gasteiger partial charge >= 0.3 is 0 Å². The van der Waals surface area contributed by atoms with E-state index in [1.54, 1.807) is 0 Å². The predicted octanol–water partition coefficient (Wildman–Crippen LogP) is 2.80. The highest BCUT2D eigenvalue weighted by Crippen LogP contribution is 2.22. The molecule has 0 unspecified atom stereocenters. The van der Waals surface area contributed by atoms with E-state index >= 15 is 0 Å². The highest BCUT2D eigenvalue weighted by atomic mass is 79.9. The summed E-state index contributed by atoms with van der Waals surface area (Å²) >= 11 is 3.47. The van der Waals surface area contributed by atoms with Gasteiger partial charge in [-0.2, -0.15) is 0 Å². The van der Waals surface area contributed by atoms with Crippen LogP contribution in [0.1, 0.15) is 23.2 Å². The molecule has 0 N–H and O–H groups in total. The maximum absolute atomic E-state index is 12.7. The summed E-state index contributed by atoms with van der Waals surface area (Å²) in [6.07, 6.45) is 2.47. The molecule has 2 aliphatic heterocycles. The van der Waals surface area contributed by atoms with Crippen LogP contribution in [0.4, 0.5) is 11.6 Å². The lowest BCUT2D eigenvalue weighted by molar-refractivity contribution is 0.0745. The lowest BCUT2D eigenvalue weighted by Gasteiger charge is -2.35. The van der Waals surface area contributed by atoms with Crippen LogP contribution in [0, 0.1) is 0 Å². The number of amides is 1. The van der Waals surface area contributed by atoms with Crippen LogP contribution in [0.25, 0.3) is 0 Å². The molecule has 0 atom stereocenters. The van der Waals surface area contributed by atoms with E-state index in [-0.39, 0.29) is 5.91 Å². The summed E-state index contributed by atoms with van der Waals surface area (Å²) in [6.45, 7) is 5.07. The second kappa shape index (κ2) is 7.61. The molecule has 0 bridgehead atoms. The minimum absolute atomic E-state index is 0.0765. The van der Waals surface area contributed by atoms with Gasteiger partial charge in [0.15, 0.2) is 11.6 Å². The van der Waals surface area contributed by atoms with Crippen molar-refractivity contribution in [3.63, 3.8) is 0 Å². The molecular formula is C19H22BrN5O. The van der Waals surface area contributed by atoms with Gasteiger partial charge in [-0.1, -0.05) is 12.1 Å². The van der Waals surface area contributed by atoms with E-state index in [2.05, 4.69) is 42.0 Å². The van der Waals surface area contributed by atoms with Gasteiger partial charge < -0.3 is 14.7 Å². The Morgan fingerprint density at radius 3 is 1.96 bits per heavy atom. The van der Waals surface area contributed by atoms with Gasteiger partial charge in [0, 0.05) is 43.7 Å². The van der Waals surface area contributed by atoms with Crippen LogP contribution in [0.2, 0.25) is 0 Å². The molecule has 1 aromatic carbocycles. The molecule has 0 saturated carbocycles. The van der Waals surface area contributed by atoms with Crippen molar-refractivity contribution in [1.29, 1.82) is 0 Å². The number of carbonyl (C=O) groups excluding carboxylic acids is 1. The number of halogens is 1. The molecule has 0 spiro atoms. The number of carbonyl (C=O) groups is 1. The third kappa shape index (κ3) is 3.53. The topological polar surface area (TPSA) is 52.6 Å². The maximum Gasteiger partial charge on any atom is 0.255 e. The first kappa shape index (κ1) is 17.3. The summed E-state index contributed by atoms with van der Waals surface area (Å²) in [7, 11) is 0. The van der Waals surface area contributed by atoms with Crippen molar-refractivity contribution in [3.8, 4) is 0 Å². The van der Waals surface area contributed by atoms with Gasteiger partial charge in [-0.15, -0.1) is 10.2 Å². The molecule has 2 fully saturated rings.